The molecule has 0 unspecified atom stereocenters. The van der Waals surface area contributed by atoms with Crippen molar-refractivity contribution in [3.05, 3.63) is 70.3 Å². The van der Waals surface area contributed by atoms with Crippen molar-refractivity contribution in [3.8, 4) is 5.75 Å². The van der Waals surface area contributed by atoms with Gasteiger partial charge in [-0.05, 0) is 54.3 Å². The van der Waals surface area contributed by atoms with Crippen molar-refractivity contribution in [2.45, 2.75) is 26.0 Å². The summed E-state index contributed by atoms with van der Waals surface area (Å²) >= 11 is 0. The molecule has 2 heterocycles. The number of ether oxygens (including phenoxy) is 1. The number of rotatable bonds is 2. The SMILES string of the molecule is CN1CCC(=C2c3ccccc3COc3ccc(CNC(=O)O)cc32)CC1. The molecule has 0 radical (unpaired) electrons. The molecule has 1 saturated heterocycles. The van der Waals surface area contributed by atoms with E-state index >= 15 is 0 Å². The molecule has 1 fully saturated rings. The van der Waals surface area contributed by atoms with Crippen molar-refractivity contribution in [2.75, 3.05) is 20.1 Å². The van der Waals surface area contributed by atoms with Gasteiger partial charge in [0.15, 0.2) is 0 Å². The summed E-state index contributed by atoms with van der Waals surface area (Å²) in [6.45, 7) is 2.94. The van der Waals surface area contributed by atoms with Crippen molar-refractivity contribution in [1.82, 2.24) is 10.2 Å². The standard InChI is InChI=1S/C22H24N2O3/c1-24-10-8-16(9-11-24)21-18-5-3-2-4-17(18)14-27-20-7-6-15(12-19(20)21)13-23-22(25)26/h2-7,12,23H,8-11,13-14H2,1H3,(H,25,26). The minimum atomic E-state index is -1.01. The Kier molecular flexibility index (Phi) is 4.86. The lowest BCUT2D eigenvalue weighted by atomic mass is 9.86. The number of amides is 1. The molecule has 2 aromatic carbocycles. The lowest BCUT2D eigenvalue weighted by Gasteiger charge is -2.27. The van der Waals surface area contributed by atoms with E-state index in [0.717, 1.165) is 42.8 Å². The Labute approximate surface area is 159 Å². The zero-order valence-electron chi connectivity index (χ0n) is 15.5. The van der Waals surface area contributed by atoms with Crippen LogP contribution in [0.3, 0.4) is 0 Å². The van der Waals surface area contributed by atoms with Crippen molar-refractivity contribution in [1.29, 1.82) is 0 Å². The molecule has 1 amide bonds. The Morgan fingerprint density at radius 1 is 1.15 bits per heavy atom. The number of benzene rings is 2. The van der Waals surface area contributed by atoms with Crippen LogP contribution in [0, 0.1) is 0 Å². The number of fused-ring (bicyclic) bond motifs is 2. The molecule has 140 valence electrons. The summed E-state index contributed by atoms with van der Waals surface area (Å²) in [7, 11) is 2.16. The van der Waals surface area contributed by atoms with Crippen LogP contribution in [-0.2, 0) is 13.2 Å². The molecule has 5 nitrogen and oxygen atoms in total. The van der Waals surface area contributed by atoms with Crippen molar-refractivity contribution >= 4 is 11.7 Å². The zero-order chi connectivity index (χ0) is 18.8. The third-order valence-electron chi connectivity index (χ3n) is 5.37. The number of hydrogen-bond donors (Lipinski definition) is 2. The van der Waals surface area contributed by atoms with Crippen molar-refractivity contribution in [3.63, 3.8) is 0 Å². The van der Waals surface area contributed by atoms with Gasteiger partial charge in [-0.3, -0.25) is 0 Å². The maximum Gasteiger partial charge on any atom is 0.404 e. The number of carbonyl (C=O) groups is 1. The molecule has 0 aromatic heterocycles. The van der Waals surface area contributed by atoms with Gasteiger partial charge in [0.2, 0.25) is 0 Å². The lowest BCUT2D eigenvalue weighted by Crippen LogP contribution is -2.27. The van der Waals surface area contributed by atoms with E-state index in [-0.39, 0.29) is 6.54 Å². The quantitative estimate of drug-likeness (QED) is 0.849. The molecule has 2 aliphatic heterocycles. The summed E-state index contributed by atoms with van der Waals surface area (Å²) < 4.78 is 6.12. The minimum absolute atomic E-state index is 0.287. The first-order chi connectivity index (χ1) is 13.1. The number of nitrogens with one attached hydrogen (secondary N) is 1. The fraction of sp³-hybridized carbons (Fsp3) is 0.318. The van der Waals surface area contributed by atoms with Gasteiger partial charge in [-0.15, -0.1) is 0 Å². The minimum Gasteiger partial charge on any atom is -0.488 e. The van der Waals surface area contributed by atoms with Crippen molar-refractivity contribution < 1.29 is 14.6 Å². The Morgan fingerprint density at radius 2 is 1.93 bits per heavy atom. The summed E-state index contributed by atoms with van der Waals surface area (Å²) in [6, 6.07) is 14.4. The molecular weight excluding hydrogens is 340 g/mol. The van der Waals surface area contributed by atoms with E-state index in [4.69, 9.17) is 9.84 Å². The molecule has 5 heteroatoms. The Bertz CT molecular complexity index is 894. The Hall–Kier alpha value is -2.79. The Morgan fingerprint density at radius 3 is 2.70 bits per heavy atom. The smallest absolute Gasteiger partial charge is 0.404 e. The largest absolute Gasteiger partial charge is 0.488 e. The molecule has 0 bridgehead atoms. The number of hydrogen-bond acceptors (Lipinski definition) is 3. The number of nitrogens with zero attached hydrogens (tertiary/aromatic N) is 1. The summed E-state index contributed by atoms with van der Waals surface area (Å²) in [5, 5.41) is 11.4. The second-order valence-electron chi connectivity index (χ2n) is 7.22. The van der Waals surface area contributed by atoms with Gasteiger partial charge in [0.25, 0.3) is 0 Å². The summed E-state index contributed by atoms with van der Waals surface area (Å²) in [6.07, 6.45) is 1.06. The topological polar surface area (TPSA) is 61.8 Å². The molecule has 2 aliphatic rings. The van der Waals surface area contributed by atoms with Gasteiger partial charge in [0, 0.05) is 25.2 Å². The average Bonchev–Trinajstić information content (AvgIpc) is 2.84. The van der Waals surface area contributed by atoms with Crippen LogP contribution < -0.4 is 10.1 Å². The van der Waals surface area contributed by atoms with Gasteiger partial charge in [-0.2, -0.15) is 0 Å². The predicted octanol–water partition coefficient (Wildman–Crippen LogP) is 3.87. The van der Waals surface area contributed by atoms with Crippen LogP contribution in [0.4, 0.5) is 4.79 Å². The molecule has 0 aliphatic carbocycles. The highest BCUT2D eigenvalue weighted by Gasteiger charge is 2.24. The summed E-state index contributed by atoms with van der Waals surface area (Å²) in [5.74, 6) is 0.867. The maximum atomic E-state index is 10.9. The highest BCUT2D eigenvalue weighted by Crippen LogP contribution is 2.41. The number of likely N-dealkylation sites (tertiary alicyclic amines) is 1. The van der Waals surface area contributed by atoms with Crippen LogP contribution >= 0.6 is 0 Å². The van der Waals surface area contributed by atoms with Crippen LogP contribution in [-0.4, -0.2) is 36.2 Å². The normalized spacial score (nSPS) is 16.8. The van der Waals surface area contributed by atoms with Gasteiger partial charge in [0.05, 0.1) is 0 Å². The van der Waals surface area contributed by atoms with E-state index in [2.05, 4.69) is 47.6 Å². The van der Waals surface area contributed by atoms with Crippen molar-refractivity contribution in [2.24, 2.45) is 0 Å². The summed E-state index contributed by atoms with van der Waals surface area (Å²) in [4.78, 5) is 13.2. The lowest BCUT2D eigenvalue weighted by molar-refractivity contribution is 0.194. The first-order valence-electron chi connectivity index (χ1n) is 9.33. The predicted molar refractivity (Wildman–Crippen MR) is 105 cm³/mol. The number of carboxylic acid groups (broad SMARTS) is 1. The van der Waals surface area contributed by atoms with Gasteiger partial charge in [0.1, 0.15) is 12.4 Å². The second kappa shape index (κ2) is 7.45. The zero-order valence-corrected chi connectivity index (χ0v) is 15.5. The highest BCUT2D eigenvalue weighted by molar-refractivity contribution is 5.87. The first kappa shape index (κ1) is 17.6. The average molecular weight is 364 g/mol. The van der Waals surface area contributed by atoms with E-state index in [9.17, 15) is 4.79 Å². The van der Waals surface area contributed by atoms with E-state index in [1.165, 1.54) is 22.3 Å². The van der Waals surface area contributed by atoms with E-state index < -0.39 is 6.09 Å². The highest BCUT2D eigenvalue weighted by atomic mass is 16.5. The monoisotopic (exact) mass is 364 g/mol. The van der Waals surface area contributed by atoms with E-state index in [1.54, 1.807) is 0 Å². The van der Waals surface area contributed by atoms with Gasteiger partial charge < -0.3 is 20.1 Å². The van der Waals surface area contributed by atoms with Crippen LogP contribution in [0.1, 0.15) is 35.1 Å². The van der Waals surface area contributed by atoms with Gasteiger partial charge in [-0.25, -0.2) is 4.79 Å². The molecule has 0 spiro atoms. The summed E-state index contributed by atoms with van der Waals surface area (Å²) in [5.41, 5.74) is 7.16. The third-order valence-corrected chi connectivity index (χ3v) is 5.37. The Balaban J connectivity index is 1.84. The molecule has 0 atom stereocenters. The molecule has 2 aromatic rings. The molecule has 27 heavy (non-hydrogen) atoms. The fourth-order valence-electron chi connectivity index (χ4n) is 3.90. The first-order valence-corrected chi connectivity index (χ1v) is 9.33. The molecular formula is C22H24N2O3. The molecule has 2 N–H and O–H groups in total. The second-order valence-corrected chi connectivity index (χ2v) is 7.22. The van der Waals surface area contributed by atoms with Crippen LogP contribution in [0.25, 0.3) is 5.57 Å². The third kappa shape index (κ3) is 3.69. The maximum absolute atomic E-state index is 10.9. The molecule has 4 rings (SSSR count). The fourth-order valence-corrected chi connectivity index (χ4v) is 3.90. The van der Waals surface area contributed by atoms with E-state index in [1.807, 2.05) is 12.1 Å². The van der Waals surface area contributed by atoms with E-state index in [0.29, 0.717) is 6.61 Å². The van der Waals surface area contributed by atoms with Crippen LogP contribution in [0.5, 0.6) is 5.75 Å². The number of piperidine rings is 1. The van der Waals surface area contributed by atoms with Crippen LogP contribution in [0.15, 0.2) is 48.0 Å². The van der Waals surface area contributed by atoms with Gasteiger partial charge >= 0.3 is 6.09 Å². The van der Waals surface area contributed by atoms with Crippen LogP contribution in [0.2, 0.25) is 0 Å². The van der Waals surface area contributed by atoms with Gasteiger partial charge in [-0.1, -0.05) is 35.9 Å². The molecule has 0 saturated carbocycles.